The first-order valence-corrected chi connectivity index (χ1v) is 7.98. The first-order chi connectivity index (χ1) is 8.97. The molecule has 2 heterocycles. The molecule has 4 heteroatoms. The molecule has 1 amide bonds. The lowest BCUT2D eigenvalue weighted by molar-refractivity contribution is -0.133. The maximum Gasteiger partial charge on any atom is 0.222 e. The molecule has 2 aliphatic rings. The van der Waals surface area contributed by atoms with Gasteiger partial charge in [-0.3, -0.25) is 4.79 Å². The number of carbonyl (C=O) groups excluding carboxylic acids is 1. The van der Waals surface area contributed by atoms with E-state index in [0.717, 1.165) is 38.4 Å². The van der Waals surface area contributed by atoms with E-state index in [4.69, 9.17) is 0 Å². The predicted octanol–water partition coefficient (Wildman–Crippen LogP) is 3.23. The Morgan fingerprint density at radius 2 is 1.85 bits per heavy atom. The fraction of sp³-hybridized carbons (Fsp3) is 0.938. The van der Waals surface area contributed by atoms with Gasteiger partial charge in [-0.2, -0.15) is 0 Å². The summed E-state index contributed by atoms with van der Waals surface area (Å²) in [4.78, 5) is 14.3. The standard InChI is InChI=1S/C16H30N2O.ClH/c1-16(2,3)13-8-11-18(12-9-13)15(19)7-6-14-5-4-10-17-14;/h13-14,17H,4-12H2,1-3H3;1H. The van der Waals surface area contributed by atoms with Gasteiger partial charge in [0, 0.05) is 25.6 Å². The summed E-state index contributed by atoms with van der Waals surface area (Å²) >= 11 is 0. The van der Waals surface area contributed by atoms with Crippen LogP contribution in [0, 0.1) is 11.3 Å². The van der Waals surface area contributed by atoms with Crippen LogP contribution in [0.3, 0.4) is 0 Å². The maximum atomic E-state index is 12.2. The molecule has 2 fully saturated rings. The average Bonchev–Trinajstić information content (AvgIpc) is 2.88. The minimum absolute atomic E-state index is 0. The monoisotopic (exact) mass is 302 g/mol. The number of likely N-dealkylation sites (tertiary alicyclic amines) is 1. The second-order valence-corrected chi connectivity index (χ2v) is 7.35. The van der Waals surface area contributed by atoms with E-state index >= 15 is 0 Å². The summed E-state index contributed by atoms with van der Waals surface area (Å²) in [7, 11) is 0. The van der Waals surface area contributed by atoms with E-state index in [9.17, 15) is 4.79 Å². The van der Waals surface area contributed by atoms with Gasteiger partial charge in [0.2, 0.25) is 5.91 Å². The predicted molar refractivity (Wildman–Crippen MR) is 86.3 cm³/mol. The topological polar surface area (TPSA) is 32.3 Å². The van der Waals surface area contributed by atoms with Crippen molar-refractivity contribution in [2.45, 2.75) is 65.3 Å². The van der Waals surface area contributed by atoms with E-state index < -0.39 is 0 Å². The molecule has 0 radical (unpaired) electrons. The lowest BCUT2D eigenvalue weighted by atomic mass is 9.75. The summed E-state index contributed by atoms with van der Waals surface area (Å²) in [6.45, 7) is 10.0. The van der Waals surface area contributed by atoms with E-state index in [2.05, 4.69) is 31.0 Å². The van der Waals surface area contributed by atoms with Crippen LogP contribution in [0.5, 0.6) is 0 Å². The zero-order valence-corrected chi connectivity index (χ0v) is 14.1. The third-order valence-electron chi connectivity index (χ3n) is 4.94. The largest absolute Gasteiger partial charge is 0.343 e. The summed E-state index contributed by atoms with van der Waals surface area (Å²) < 4.78 is 0. The van der Waals surface area contributed by atoms with Gasteiger partial charge in [0.15, 0.2) is 0 Å². The van der Waals surface area contributed by atoms with Crippen molar-refractivity contribution in [1.29, 1.82) is 0 Å². The van der Waals surface area contributed by atoms with E-state index in [0.29, 0.717) is 17.4 Å². The fourth-order valence-electron chi connectivity index (χ4n) is 3.45. The lowest BCUT2D eigenvalue weighted by Gasteiger charge is -2.38. The van der Waals surface area contributed by atoms with Gasteiger partial charge < -0.3 is 10.2 Å². The highest BCUT2D eigenvalue weighted by Crippen LogP contribution is 2.34. The normalized spacial score (nSPS) is 24.6. The van der Waals surface area contributed by atoms with Gasteiger partial charge in [-0.15, -0.1) is 12.4 Å². The molecule has 2 aliphatic heterocycles. The van der Waals surface area contributed by atoms with Crippen LogP contribution in [-0.4, -0.2) is 36.5 Å². The number of nitrogens with zero attached hydrogens (tertiary/aromatic N) is 1. The van der Waals surface area contributed by atoms with Crippen LogP contribution in [-0.2, 0) is 4.79 Å². The minimum Gasteiger partial charge on any atom is -0.343 e. The second-order valence-electron chi connectivity index (χ2n) is 7.35. The average molecular weight is 303 g/mol. The molecule has 3 nitrogen and oxygen atoms in total. The smallest absolute Gasteiger partial charge is 0.222 e. The number of nitrogens with one attached hydrogen (secondary N) is 1. The van der Waals surface area contributed by atoms with Gasteiger partial charge in [-0.1, -0.05) is 20.8 Å². The Balaban J connectivity index is 0.00000200. The minimum atomic E-state index is 0. The summed E-state index contributed by atoms with van der Waals surface area (Å²) in [6, 6.07) is 0.594. The fourth-order valence-corrected chi connectivity index (χ4v) is 3.45. The van der Waals surface area contributed by atoms with Crippen molar-refractivity contribution >= 4 is 18.3 Å². The Hall–Kier alpha value is -0.280. The molecule has 20 heavy (non-hydrogen) atoms. The number of rotatable bonds is 3. The second kappa shape index (κ2) is 7.65. The van der Waals surface area contributed by atoms with E-state index in [1.807, 2.05) is 0 Å². The van der Waals surface area contributed by atoms with Crippen LogP contribution >= 0.6 is 12.4 Å². The molecule has 2 rings (SSSR count). The Kier molecular flexibility index (Phi) is 6.80. The zero-order chi connectivity index (χ0) is 13.9. The highest BCUT2D eigenvalue weighted by molar-refractivity contribution is 5.85. The molecule has 118 valence electrons. The van der Waals surface area contributed by atoms with E-state index in [-0.39, 0.29) is 12.4 Å². The third-order valence-corrected chi connectivity index (χ3v) is 4.94. The Morgan fingerprint density at radius 3 is 2.35 bits per heavy atom. The van der Waals surface area contributed by atoms with Crippen molar-refractivity contribution in [3.8, 4) is 0 Å². The molecule has 2 saturated heterocycles. The summed E-state index contributed by atoms with van der Waals surface area (Å²) in [5.74, 6) is 1.15. The number of carbonyl (C=O) groups is 1. The molecule has 1 N–H and O–H groups in total. The van der Waals surface area contributed by atoms with E-state index in [1.165, 1.54) is 25.7 Å². The Morgan fingerprint density at radius 1 is 1.20 bits per heavy atom. The molecule has 0 aliphatic carbocycles. The van der Waals surface area contributed by atoms with Gasteiger partial charge in [0.25, 0.3) is 0 Å². The van der Waals surface area contributed by atoms with Crippen LogP contribution in [0.25, 0.3) is 0 Å². The summed E-state index contributed by atoms with van der Waals surface area (Å²) in [5.41, 5.74) is 0.392. The number of piperidine rings is 1. The third kappa shape index (κ3) is 4.92. The first kappa shape index (κ1) is 17.8. The molecule has 0 aromatic rings. The molecule has 0 saturated carbocycles. The van der Waals surface area contributed by atoms with Gasteiger partial charge in [-0.25, -0.2) is 0 Å². The number of hydrogen-bond acceptors (Lipinski definition) is 2. The van der Waals surface area contributed by atoms with Crippen molar-refractivity contribution in [2.75, 3.05) is 19.6 Å². The highest BCUT2D eigenvalue weighted by Gasteiger charge is 2.30. The number of halogens is 1. The van der Waals surface area contributed by atoms with Crippen LogP contribution in [0.15, 0.2) is 0 Å². The van der Waals surface area contributed by atoms with Crippen molar-refractivity contribution in [3.05, 3.63) is 0 Å². The summed E-state index contributed by atoms with van der Waals surface area (Å²) in [6.07, 6.45) is 6.64. The van der Waals surface area contributed by atoms with Crippen molar-refractivity contribution in [3.63, 3.8) is 0 Å². The Bertz CT molecular complexity index is 300. The molecule has 0 bridgehead atoms. The SMILES string of the molecule is CC(C)(C)C1CCN(C(=O)CCC2CCCN2)CC1.Cl. The maximum absolute atomic E-state index is 12.2. The van der Waals surface area contributed by atoms with Gasteiger partial charge >= 0.3 is 0 Å². The molecule has 0 aromatic heterocycles. The molecule has 1 unspecified atom stereocenters. The molecular formula is C16H31ClN2O. The lowest BCUT2D eigenvalue weighted by Crippen LogP contribution is -2.41. The molecule has 0 aromatic carbocycles. The molecule has 1 atom stereocenters. The van der Waals surface area contributed by atoms with Crippen LogP contribution in [0.2, 0.25) is 0 Å². The quantitative estimate of drug-likeness (QED) is 0.868. The molecular weight excluding hydrogens is 272 g/mol. The zero-order valence-electron chi connectivity index (χ0n) is 13.3. The molecule has 0 spiro atoms. The Labute approximate surface area is 130 Å². The van der Waals surface area contributed by atoms with Crippen molar-refractivity contribution < 1.29 is 4.79 Å². The summed E-state index contributed by atoms with van der Waals surface area (Å²) in [5, 5.41) is 3.47. The van der Waals surface area contributed by atoms with Crippen LogP contribution < -0.4 is 5.32 Å². The van der Waals surface area contributed by atoms with Gasteiger partial charge in [0.05, 0.1) is 0 Å². The van der Waals surface area contributed by atoms with Gasteiger partial charge in [0.1, 0.15) is 0 Å². The number of amides is 1. The van der Waals surface area contributed by atoms with Crippen LogP contribution in [0.4, 0.5) is 0 Å². The van der Waals surface area contributed by atoms with Crippen molar-refractivity contribution in [2.24, 2.45) is 11.3 Å². The first-order valence-electron chi connectivity index (χ1n) is 7.98. The number of hydrogen-bond donors (Lipinski definition) is 1. The van der Waals surface area contributed by atoms with Crippen LogP contribution in [0.1, 0.15) is 59.3 Å². The van der Waals surface area contributed by atoms with Gasteiger partial charge in [-0.05, 0) is 50.0 Å². The highest BCUT2D eigenvalue weighted by atomic mass is 35.5. The van der Waals surface area contributed by atoms with E-state index in [1.54, 1.807) is 0 Å². The van der Waals surface area contributed by atoms with Crippen molar-refractivity contribution in [1.82, 2.24) is 10.2 Å².